The van der Waals surface area contributed by atoms with Crippen LogP contribution < -0.4 is 4.90 Å². The van der Waals surface area contributed by atoms with E-state index in [1.165, 1.54) is 5.56 Å². The molecular formula is C12H16N4S. The van der Waals surface area contributed by atoms with E-state index in [4.69, 9.17) is 12.2 Å². The third-order valence-electron chi connectivity index (χ3n) is 2.74. The average molecular weight is 248 g/mol. The van der Waals surface area contributed by atoms with Crippen molar-refractivity contribution in [1.29, 1.82) is 0 Å². The van der Waals surface area contributed by atoms with Crippen molar-refractivity contribution in [1.82, 2.24) is 14.8 Å². The highest BCUT2D eigenvalue weighted by Gasteiger charge is 2.10. The third-order valence-corrected chi connectivity index (χ3v) is 3.10. The van der Waals surface area contributed by atoms with E-state index in [9.17, 15) is 0 Å². The maximum absolute atomic E-state index is 5.12. The molecule has 0 aliphatic carbocycles. The van der Waals surface area contributed by atoms with E-state index in [1.807, 2.05) is 29.8 Å². The van der Waals surface area contributed by atoms with Crippen LogP contribution in [0.25, 0.3) is 0 Å². The van der Waals surface area contributed by atoms with Crippen molar-refractivity contribution in [3.05, 3.63) is 40.7 Å². The van der Waals surface area contributed by atoms with Crippen LogP contribution >= 0.6 is 12.2 Å². The molecule has 1 aromatic heterocycles. The molecule has 90 valence electrons. The van der Waals surface area contributed by atoms with Crippen LogP contribution in [-0.2, 0) is 13.6 Å². The lowest BCUT2D eigenvalue weighted by atomic mass is 10.2. The minimum Gasteiger partial charge on any atom is -0.337 e. The number of anilines is 1. The van der Waals surface area contributed by atoms with Crippen LogP contribution in [0.5, 0.6) is 0 Å². The van der Waals surface area contributed by atoms with Crippen LogP contribution in [0.15, 0.2) is 30.3 Å². The smallest absolute Gasteiger partial charge is 0.225 e. The maximum atomic E-state index is 5.12. The molecule has 1 heterocycles. The molecule has 4 nitrogen and oxygen atoms in total. The van der Waals surface area contributed by atoms with E-state index in [1.54, 1.807) is 0 Å². The van der Waals surface area contributed by atoms with Gasteiger partial charge in [-0.2, -0.15) is 0 Å². The van der Waals surface area contributed by atoms with Gasteiger partial charge in [-0.1, -0.05) is 30.3 Å². The molecule has 2 rings (SSSR count). The first-order valence-corrected chi connectivity index (χ1v) is 6.03. The number of H-pyrrole nitrogens is 1. The quantitative estimate of drug-likeness (QED) is 0.845. The largest absolute Gasteiger partial charge is 0.337 e. The number of hydrogen-bond acceptors (Lipinski definition) is 3. The highest BCUT2D eigenvalue weighted by molar-refractivity contribution is 7.71. The number of aromatic nitrogens is 3. The molecule has 0 fully saturated rings. The van der Waals surface area contributed by atoms with Gasteiger partial charge in [0.25, 0.3) is 0 Å². The highest BCUT2D eigenvalue weighted by Crippen LogP contribution is 2.13. The van der Waals surface area contributed by atoms with Crippen LogP contribution in [0.1, 0.15) is 12.5 Å². The summed E-state index contributed by atoms with van der Waals surface area (Å²) in [6.07, 6.45) is 0. The van der Waals surface area contributed by atoms with Crippen LogP contribution in [-0.4, -0.2) is 21.3 Å². The molecule has 0 atom stereocenters. The van der Waals surface area contributed by atoms with Crippen LogP contribution in [0.4, 0.5) is 5.95 Å². The summed E-state index contributed by atoms with van der Waals surface area (Å²) in [6.45, 7) is 3.84. The maximum Gasteiger partial charge on any atom is 0.225 e. The van der Waals surface area contributed by atoms with E-state index in [-0.39, 0.29) is 0 Å². The van der Waals surface area contributed by atoms with Crippen LogP contribution in [0.3, 0.4) is 0 Å². The summed E-state index contributed by atoms with van der Waals surface area (Å²) in [5.41, 5.74) is 1.27. The lowest BCUT2D eigenvalue weighted by Crippen LogP contribution is -2.25. The molecule has 2 aromatic rings. The molecule has 17 heavy (non-hydrogen) atoms. The molecule has 0 unspecified atom stereocenters. The predicted octanol–water partition coefficient (Wildman–Crippen LogP) is 2.50. The van der Waals surface area contributed by atoms with Crippen LogP contribution in [0.2, 0.25) is 0 Å². The molecule has 0 bridgehead atoms. The van der Waals surface area contributed by atoms with Gasteiger partial charge in [0.2, 0.25) is 5.95 Å². The van der Waals surface area contributed by atoms with Crippen molar-refractivity contribution in [3.8, 4) is 0 Å². The Hall–Kier alpha value is -1.62. The van der Waals surface area contributed by atoms with Crippen molar-refractivity contribution in [3.63, 3.8) is 0 Å². The van der Waals surface area contributed by atoms with Gasteiger partial charge in [0.1, 0.15) is 0 Å². The monoisotopic (exact) mass is 248 g/mol. The van der Waals surface area contributed by atoms with Crippen molar-refractivity contribution < 1.29 is 0 Å². The fourth-order valence-electron chi connectivity index (χ4n) is 1.75. The van der Waals surface area contributed by atoms with Gasteiger partial charge in [-0.05, 0) is 24.7 Å². The zero-order valence-electron chi connectivity index (χ0n) is 10.1. The lowest BCUT2D eigenvalue weighted by molar-refractivity contribution is 0.750. The molecule has 0 amide bonds. The average Bonchev–Trinajstić information content (AvgIpc) is 2.69. The van der Waals surface area contributed by atoms with Gasteiger partial charge >= 0.3 is 0 Å². The van der Waals surface area contributed by atoms with E-state index in [2.05, 4.69) is 34.2 Å². The van der Waals surface area contributed by atoms with Crippen molar-refractivity contribution >= 4 is 18.2 Å². The fourth-order valence-corrected chi connectivity index (χ4v) is 1.88. The minimum atomic E-state index is 0.645. The Kier molecular flexibility index (Phi) is 3.58. The third kappa shape index (κ3) is 2.55. The molecule has 1 aromatic carbocycles. The second-order valence-electron chi connectivity index (χ2n) is 3.89. The Labute approximate surface area is 106 Å². The molecule has 0 spiro atoms. The van der Waals surface area contributed by atoms with Gasteiger partial charge in [-0.25, -0.2) is 5.10 Å². The van der Waals surface area contributed by atoms with Gasteiger partial charge in [0.15, 0.2) is 4.77 Å². The SMILES string of the molecule is CCN(Cc1ccccc1)c1n[nH]c(=S)n1C. The Balaban J connectivity index is 2.23. The predicted molar refractivity (Wildman–Crippen MR) is 71.6 cm³/mol. The molecule has 0 aliphatic heterocycles. The van der Waals surface area contributed by atoms with Gasteiger partial charge in [-0.3, -0.25) is 4.57 Å². The van der Waals surface area contributed by atoms with Gasteiger partial charge in [0.05, 0.1) is 0 Å². The number of rotatable bonds is 4. The fraction of sp³-hybridized carbons (Fsp3) is 0.333. The lowest BCUT2D eigenvalue weighted by Gasteiger charge is -2.21. The molecule has 5 heteroatoms. The van der Waals surface area contributed by atoms with Crippen molar-refractivity contribution in [2.45, 2.75) is 13.5 Å². The summed E-state index contributed by atoms with van der Waals surface area (Å²) in [5, 5.41) is 7.07. The standard InChI is InChI=1S/C12H16N4S/c1-3-16(9-10-7-5-4-6-8-10)11-13-14-12(17)15(11)2/h4-8H,3,9H2,1-2H3,(H,14,17). The van der Waals surface area contributed by atoms with Crippen molar-refractivity contribution in [2.24, 2.45) is 7.05 Å². The van der Waals surface area contributed by atoms with E-state index >= 15 is 0 Å². The molecule has 0 saturated heterocycles. The summed E-state index contributed by atoms with van der Waals surface area (Å²) in [6, 6.07) is 10.3. The summed E-state index contributed by atoms with van der Waals surface area (Å²) in [4.78, 5) is 2.18. The van der Waals surface area contributed by atoms with Gasteiger partial charge in [0, 0.05) is 20.1 Å². The molecular weight excluding hydrogens is 232 g/mol. The normalized spacial score (nSPS) is 10.5. The number of benzene rings is 1. The zero-order valence-corrected chi connectivity index (χ0v) is 10.9. The number of aromatic amines is 1. The molecule has 0 aliphatic rings. The van der Waals surface area contributed by atoms with E-state index in [0.29, 0.717) is 4.77 Å². The number of hydrogen-bond donors (Lipinski definition) is 1. The Morgan fingerprint density at radius 3 is 2.59 bits per heavy atom. The Morgan fingerprint density at radius 1 is 1.35 bits per heavy atom. The first-order chi connectivity index (χ1) is 8.22. The van der Waals surface area contributed by atoms with Crippen molar-refractivity contribution in [2.75, 3.05) is 11.4 Å². The molecule has 0 radical (unpaired) electrons. The Bertz CT molecular complexity index is 529. The topological polar surface area (TPSA) is 36.9 Å². The summed E-state index contributed by atoms with van der Waals surface area (Å²) in [5.74, 6) is 0.876. The summed E-state index contributed by atoms with van der Waals surface area (Å²) >= 11 is 5.12. The summed E-state index contributed by atoms with van der Waals surface area (Å²) < 4.78 is 2.54. The molecule has 1 N–H and O–H groups in total. The van der Waals surface area contributed by atoms with E-state index in [0.717, 1.165) is 19.0 Å². The molecule has 0 saturated carbocycles. The first kappa shape index (κ1) is 11.9. The van der Waals surface area contributed by atoms with Gasteiger partial charge < -0.3 is 4.90 Å². The number of nitrogens with zero attached hydrogens (tertiary/aromatic N) is 3. The highest BCUT2D eigenvalue weighted by atomic mass is 32.1. The van der Waals surface area contributed by atoms with E-state index < -0.39 is 0 Å². The van der Waals surface area contributed by atoms with Gasteiger partial charge in [-0.15, -0.1) is 5.10 Å². The number of nitrogens with one attached hydrogen (secondary N) is 1. The minimum absolute atomic E-state index is 0.645. The van der Waals surface area contributed by atoms with Crippen LogP contribution in [0, 0.1) is 4.77 Å². The Morgan fingerprint density at radius 2 is 2.06 bits per heavy atom. The zero-order chi connectivity index (χ0) is 12.3. The second kappa shape index (κ2) is 5.14. The summed E-state index contributed by atoms with van der Waals surface area (Å²) in [7, 11) is 1.93. The first-order valence-electron chi connectivity index (χ1n) is 5.62. The second-order valence-corrected chi connectivity index (χ2v) is 4.27.